The number of hydrogen-bond donors (Lipinski definition) is 2. The Morgan fingerprint density at radius 1 is 1.18 bits per heavy atom. The van der Waals surface area contributed by atoms with E-state index in [-0.39, 0.29) is 11.8 Å². The predicted molar refractivity (Wildman–Crippen MR) is 104 cm³/mol. The summed E-state index contributed by atoms with van der Waals surface area (Å²) in [7, 11) is 0. The van der Waals surface area contributed by atoms with Crippen molar-refractivity contribution in [1.29, 1.82) is 0 Å². The predicted octanol–water partition coefficient (Wildman–Crippen LogP) is 2.88. The molecule has 2 amide bonds. The second kappa shape index (κ2) is 8.12. The van der Waals surface area contributed by atoms with E-state index in [9.17, 15) is 9.59 Å². The maximum Gasteiger partial charge on any atom is 0.289 e. The average molecular weight is 378 g/mol. The smallest absolute Gasteiger partial charge is 0.289 e. The highest BCUT2D eigenvalue weighted by molar-refractivity contribution is 5.95. The Labute approximate surface area is 162 Å². The minimum Gasteiger partial charge on any atom is -0.451 e. The van der Waals surface area contributed by atoms with Gasteiger partial charge in [-0.2, -0.15) is 0 Å². The molecule has 0 unspecified atom stereocenters. The van der Waals surface area contributed by atoms with Crippen molar-refractivity contribution in [2.75, 3.05) is 19.6 Å². The van der Waals surface area contributed by atoms with Crippen LogP contribution in [0, 0.1) is 0 Å². The molecule has 2 aromatic heterocycles. The van der Waals surface area contributed by atoms with E-state index >= 15 is 0 Å². The SMILES string of the molecule is O=C(NCCc1cnc[nH]1)c1cccc(-c2ccc(C(=O)N3CCCC3)o2)c1. The lowest BCUT2D eigenvalue weighted by Crippen LogP contribution is -2.27. The number of carbonyl (C=O) groups excluding carboxylic acids is 2. The number of furan rings is 1. The second-order valence-electron chi connectivity index (χ2n) is 6.83. The lowest BCUT2D eigenvalue weighted by atomic mass is 10.1. The average Bonchev–Trinajstić information content (AvgIpc) is 3.50. The molecule has 2 N–H and O–H groups in total. The Hall–Kier alpha value is -3.35. The van der Waals surface area contributed by atoms with E-state index < -0.39 is 0 Å². The molecule has 0 spiro atoms. The zero-order valence-electron chi connectivity index (χ0n) is 15.5. The van der Waals surface area contributed by atoms with Crippen LogP contribution >= 0.6 is 0 Å². The molecule has 1 saturated heterocycles. The van der Waals surface area contributed by atoms with Crippen molar-refractivity contribution >= 4 is 11.8 Å². The molecule has 28 heavy (non-hydrogen) atoms. The van der Waals surface area contributed by atoms with Gasteiger partial charge < -0.3 is 19.6 Å². The molecule has 0 bridgehead atoms. The molecule has 0 saturated carbocycles. The van der Waals surface area contributed by atoms with Crippen molar-refractivity contribution in [3.8, 4) is 11.3 Å². The Balaban J connectivity index is 1.41. The molecule has 0 atom stereocenters. The maximum atomic E-state index is 12.4. The molecule has 0 radical (unpaired) electrons. The highest BCUT2D eigenvalue weighted by atomic mass is 16.4. The molecule has 144 valence electrons. The quantitative estimate of drug-likeness (QED) is 0.690. The molecule has 7 nitrogen and oxygen atoms in total. The van der Waals surface area contributed by atoms with Crippen LogP contribution < -0.4 is 5.32 Å². The van der Waals surface area contributed by atoms with Gasteiger partial charge >= 0.3 is 0 Å². The van der Waals surface area contributed by atoms with Crippen LogP contribution in [-0.2, 0) is 6.42 Å². The fourth-order valence-corrected chi connectivity index (χ4v) is 3.33. The van der Waals surface area contributed by atoms with Crippen molar-refractivity contribution in [3.63, 3.8) is 0 Å². The number of amides is 2. The number of nitrogens with zero attached hydrogens (tertiary/aromatic N) is 2. The Morgan fingerprint density at radius 2 is 2.04 bits per heavy atom. The van der Waals surface area contributed by atoms with Crippen LogP contribution in [0.1, 0.15) is 39.4 Å². The van der Waals surface area contributed by atoms with E-state index in [1.54, 1.807) is 36.8 Å². The highest BCUT2D eigenvalue weighted by Crippen LogP contribution is 2.24. The standard InChI is InChI=1S/C21H22N4O3/c26-20(23-9-8-17-13-22-14-24-17)16-5-3-4-15(12-16)18-6-7-19(28-18)21(27)25-10-1-2-11-25/h3-7,12-14H,1-2,8-11H2,(H,22,24)(H,23,26). The van der Waals surface area contributed by atoms with Crippen LogP contribution in [0.5, 0.6) is 0 Å². The molecule has 0 aliphatic carbocycles. The first-order valence-electron chi connectivity index (χ1n) is 9.46. The lowest BCUT2D eigenvalue weighted by Gasteiger charge is -2.12. The first-order chi connectivity index (χ1) is 13.7. The summed E-state index contributed by atoms with van der Waals surface area (Å²) in [5.41, 5.74) is 2.28. The summed E-state index contributed by atoms with van der Waals surface area (Å²) in [6.07, 6.45) is 6.12. The summed E-state index contributed by atoms with van der Waals surface area (Å²) >= 11 is 0. The Morgan fingerprint density at radius 3 is 2.82 bits per heavy atom. The van der Waals surface area contributed by atoms with Crippen LogP contribution in [0.25, 0.3) is 11.3 Å². The van der Waals surface area contributed by atoms with Gasteiger partial charge in [-0.1, -0.05) is 12.1 Å². The van der Waals surface area contributed by atoms with Crippen molar-refractivity contribution in [2.24, 2.45) is 0 Å². The van der Waals surface area contributed by atoms with E-state index in [1.807, 2.05) is 17.0 Å². The van der Waals surface area contributed by atoms with Crippen molar-refractivity contribution in [3.05, 3.63) is 65.9 Å². The van der Waals surface area contributed by atoms with Crippen LogP contribution in [-0.4, -0.2) is 46.3 Å². The molecule has 7 heteroatoms. The van der Waals surface area contributed by atoms with Crippen LogP contribution in [0.3, 0.4) is 0 Å². The zero-order valence-corrected chi connectivity index (χ0v) is 15.5. The number of aromatic amines is 1. The minimum atomic E-state index is -0.152. The first kappa shape index (κ1) is 18.0. The number of H-pyrrole nitrogens is 1. The van der Waals surface area contributed by atoms with Gasteiger partial charge in [0.25, 0.3) is 11.8 Å². The molecule has 1 fully saturated rings. The van der Waals surface area contributed by atoms with Gasteiger partial charge in [-0.25, -0.2) is 4.98 Å². The van der Waals surface area contributed by atoms with Crippen LogP contribution in [0.2, 0.25) is 0 Å². The fraction of sp³-hybridized carbons (Fsp3) is 0.286. The summed E-state index contributed by atoms with van der Waals surface area (Å²) in [5.74, 6) is 0.693. The normalized spacial score (nSPS) is 13.6. The lowest BCUT2D eigenvalue weighted by molar-refractivity contribution is 0.0762. The summed E-state index contributed by atoms with van der Waals surface area (Å²) in [5, 5.41) is 2.90. The van der Waals surface area contributed by atoms with Gasteiger partial charge in [0.05, 0.1) is 6.33 Å². The van der Waals surface area contributed by atoms with Gasteiger partial charge in [0.2, 0.25) is 0 Å². The van der Waals surface area contributed by atoms with Gasteiger partial charge in [0.1, 0.15) is 5.76 Å². The first-order valence-corrected chi connectivity index (χ1v) is 9.46. The van der Waals surface area contributed by atoms with Gasteiger partial charge in [-0.15, -0.1) is 0 Å². The van der Waals surface area contributed by atoms with Crippen LogP contribution in [0.4, 0.5) is 0 Å². The summed E-state index contributed by atoms with van der Waals surface area (Å²) in [6, 6.07) is 10.7. The van der Waals surface area contributed by atoms with Crippen LogP contribution in [0.15, 0.2) is 53.3 Å². The minimum absolute atomic E-state index is 0.0727. The zero-order chi connectivity index (χ0) is 19.3. The Bertz CT molecular complexity index is 956. The molecule has 1 aliphatic rings. The number of hydrogen-bond acceptors (Lipinski definition) is 4. The molecule has 3 aromatic rings. The van der Waals surface area contributed by atoms with E-state index in [2.05, 4.69) is 15.3 Å². The number of carbonyl (C=O) groups is 2. The number of rotatable bonds is 6. The summed E-state index contributed by atoms with van der Waals surface area (Å²) in [6.45, 7) is 2.08. The molecular weight excluding hydrogens is 356 g/mol. The number of imidazole rings is 1. The number of aromatic nitrogens is 2. The topological polar surface area (TPSA) is 91.2 Å². The van der Waals surface area contributed by atoms with Gasteiger partial charge in [0, 0.05) is 49.1 Å². The fourth-order valence-electron chi connectivity index (χ4n) is 3.33. The highest BCUT2D eigenvalue weighted by Gasteiger charge is 2.22. The maximum absolute atomic E-state index is 12.4. The third kappa shape index (κ3) is 3.98. The second-order valence-corrected chi connectivity index (χ2v) is 6.83. The largest absolute Gasteiger partial charge is 0.451 e. The monoisotopic (exact) mass is 378 g/mol. The number of nitrogens with one attached hydrogen (secondary N) is 2. The van der Waals surface area contributed by atoms with E-state index in [0.29, 0.717) is 30.0 Å². The molecule has 1 aliphatic heterocycles. The number of likely N-dealkylation sites (tertiary alicyclic amines) is 1. The summed E-state index contributed by atoms with van der Waals surface area (Å²) < 4.78 is 5.77. The Kier molecular flexibility index (Phi) is 5.23. The molecule has 3 heterocycles. The van der Waals surface area contributed by atoms with Gasteiger partial charge in [0.15, 0.2) is 5.76 Å². The summed E-state index contributed by atoms with van der Waals surface area (Å²) in [4.78, 5) is 33.6. The van der Waals surface area contributed by atoms with E-state index in [4.69, 9.17) is 4.42 Å². The van der Waals surface area contributed by atoms with Crippen molar-refractivity contribution in [1.82, 2.24) is 20.2 Å². The molecular formula is C21H22N4O3. The van der Waals surface area contributed by atoms with E-state index in [0.717, 1.165) is 37.2 Å². The van der Waals surface area contributed by atoms with Gasteiger partial charge in [-0.05, 0) is 37.1 Å². The van der Waals surface area contributed by atoms with Crippen molar-refractivity contribution < 1.29 is 14.0 Å². The number of benzene rings is 1. The third-order valence-electron chi connectivity index (χ3n) is 4.85. The van der Waals surface area contributed by atoms with Gasteiger partial charge in [-0.3, -0.25) is 9.59 Å². The molecule has 4 rings (SSSR count). The van der Waals surface area contributed by atoms with Crippen molar-refractivity contribution in [2.45, 2.75) is 19.3 Å². The van der Waals surface area contributed by atoms with E-state index in [1.165, 1.54) is 0 Å². The third-order valence-corrected chi connectivity index (χ3v) is 4.85. The molecule has 1 aromatic carbocycles.